The van der Waals surface area contributed by atoms with Gasteiger partial charge in [0.1, 0.15) is 82.6 Å². The zero-order chi connectivity index (χ0) is 70.7. The van der Waals surface area contributed by atoms with Gasteiger partial charge in [0.05, 0.1) is 15.6 Å². The highest BCUT2D eigenvalue weighted by molar-refractivity contribution is 6.32. The summed E-state index contributed by atoms with van der Waals surface area (Å²) in [5, 5.41) is 110. The lowest BCUT2D eigenvalue weighted by Crippen LogP contribution is -2.55. The number of phenolic OH excluding ortho intramolecular Hbond substituents is 6. The molecule has 0 spiro atoms. The van der Waals surface area contributed by atoms with Crippen LogP contribution in [0.3, 0.4) is 0 Å². The van der Waals surface area contributed by atoms with Gasteiger partial charge in [0.15, 0.2) is 29.0 Å². The summed E-state index contributed by atoms with van der Waals surface area (Å²) >= 11 is 20.0. The first kappa shape index (κ1) is 67.5. The number of carbonyl (C=O) groups excluding carboxylic acids is 6. The molecule has 514 valence electrons. The molecule has 15 rings (SSSR count). The third-order valence-electron chi connectivity index (χ3n) is 17.9. The molecule has 0 aliphatic carbocycles. The zero-order valence-electron chi connectivity index (χ0n) is 52.0. The van der Waals surface area contributed by atoms with E-state index in [-0.39, 0.29) is 79.4 Å². The molecule has 7 aliphatic heterocycles. The van der Waals surface area contributed by atoms with E-state index in [1.165, 1.54) is 54.6 Å². The number of aromatic hydroxyl groups is 6. The van der Waals surface area contributed by atoms with Crippen LogP contribution in [0.4, 0.5) is 0 Å². The number of hydrogen-bond donors (Lipinski definition) is 15. The lowest BCUT2D eigenvalue weighted by molar-refractivity contribution is -0.143. The predicted octanol–water partition coefficient (Wildman–Crippen LogP) is 6.96. The number of aliphatic hydroxyl groups excluding tert-OH is 1. The van der Waals surface area contributed by atoms with Gasteiger partial charge in [0, 0.05) is 73.5 Å². The molecule has 7 aliphatic rings. The number of halogens is 3. The van der Waals surface area contributed by atoms with E-state index < -0.39 is 152 Å². The molecule has 1 fully saturated rings. The van der Waals surface area contributed by atoms with Crippen molar-refractivity contribution in [2.75, 3.05) is 26.2 Å². The average molecular weight is 1420 g/mol. The first-order chi connectivity index (χ1) is 47.8. The quantitative estimate of drug-likeness (QED) is 0.0828. The van der Waals surface area contributed by atoms with Crippen molar-refractivity contribution in [2.45, 2.75) is 67.9 Å². The van der Waals surface area contributed by atoms with Crippen LogP contribution in [-0.4, -0.2) is 130 Å². The summed E-state index contributed by atoms with van der Waals surface area (Å²) in [5.41, 5.74) is 5.36. The predicted molar refractivity (Wildman–Crippen MR) is 357 cm³/mol. The van der Waals surface area contributed by atoms with E-state index in [2.05, 4.69) is 36.8 Å². The fraction of sp³-hybridized carbons (Fsp3) is 0.214. The molecule has 8 aromatic rings. The van der Waals surface area contributed by atoms with E-state index >= 15 is 24.0 Å². The number of nitrogens with two attached hydrogens (primary N) is 1. The molecule has 7 heterocycles. The van der Waals surface area contributed by atoms with Gasteiger partial charge in [-0.15, -0.1) is 0 Å². The van der Waals surface area contributed by atoms with Crippen molar-refractivity contribution >= 4 is 76.2 Å². The number of ether oxygens (including phenoxy) is 3. The molecule has 0 saturated carbocycles. The molecule has 0 aromatic heterocycles. The van der Waals surface area contributed by atoms with Crippen LogP contribution in [0.15, 0.2) is 133 Å². The number of rotatable bonds is 5. The molecule has 6 amide bonds. The van der Waals surface area contributed by atoms with Crippen LogP contribution in [0.5, 0.6) is 69.0 Å². The monoisotopic (exact) mass is 1420 g/mol. The maximum Gasteiger partial charge on any atom is 0.330 e. The molecule has 0 radical (unpaired) electrons. The second-order valence-corrected chi connectivity index (χ2v) is 25.8. The molecular formula is C70H60Cl3N9O18. The van der Waals surface area contributed by atoms with Gasteiger partial charge in [0.25, 0.3) is 0 Å². The highest BCUT2D eigenvalue weighted by atomic mass is 35.5. The standard InChI is InChI=1S/C70H60Cl3N9O18/c71-37-7-1-30(2-8-37)28-81-13-15-82(16-14-81)29-42-48(86)27-41-54(62(42)88)40-21-33(5-9-46(40)84)56-66(92)80-60(69(95)79-59(41)70(96)97)61(87)34-6-12-50(44(73)22-34)100-53-25-36-24-52(63(53)89)99-49-11-3-31(17-43(49)72)18-45-64(90)76-57(67(93)78-58(36)68(94)77-56)35-19-38(83)26-39(20-35)98-51-23-32(4-10-47(51)85)55(74)65(91)75-45/h1-12,17,19-27,45,55-61,83-89H,13-16,18,28-29,74H2,(H,75,91)(H,76,90)(H,77,94)(H,78,93)(H,79,95)(H,80,92)(H,96,97)/t45-,55+,56-,57-,58-,59-,60-,61?/m0/s1. The summed E-state index contributed by atoms with van der Waals surface area (Å²) in [6.07, 6.45) is -2.51. The van der Waals surface area contributed by atoms with Crippen LogP contribution in [0, 0.1) is 0 Å². The smallest absolute Gasteiger partial charge is 0.330 e. The van der Waals surface area contributed by atoms with E-state index in [0.29, 0.717) is 43.3 Å². The van der Waals surface area contributed by atoms with Crippen molar-refractivity contribution in [3.05, 3.63) is 199 Å². The number of piperazine rings is 1. The number of nitrogens with one attached hydrogen (secondary N) is 6. The average Bonchev–Trinajstić information content (AvgIpc) is 0.771. The molecule has 8 aromatic carbocycles. The van der Waals surface area contributed by atoms with Crippen molar-refractivity contribution in [3.63, 3.8) is 0 Å². The van der Waals surface area contributed by atoms with E-state index in [4.69, 9.17) is 54.7 Å². The SMILES string of the molecule is N[C@H]1C(=O)N[C@H]2Cc3ccc(c(Cl)c3)Oc3cc4cc(c3O)Oc3ccc(cc3Cl)C(O)[C@@H]3NC(=O)[C@@H](NC(=O)[C@H]4NC(=O)[C@@H](NC2=O)c2cc(O)cc(c2)Oc2cc1ccc2O)c1ccc(O)c(c1)-c1c(cc(O)c(CN2CCN(Cc4ccc(Cl)cc4)CC2)c1O)[C@@H](C(=O)O)NC3=O. The van der Waals surface area contributed by atoms with Gasteiger partial charge in [-0.1, -0.05) is 71.2 Å². The number of benzene rings is 8. The Kier molecular flexibility index (Phi) is 18.5. The third-order valence-corrected chi connectivity index (χ3v) is 18.7. The minimum Gasteiger partial charge on any atom is -0.508 e. The second kappa shape index (κ2) is 27.3. The van der Waals surface area contributed by atoms with Gasteiger partial charge in [-0.3, -0.25) is 38.6 Å². The first-order valence-corrected chi connectivity index (χ1v) is 32.2. The Hall–Kier alpha value is -11.0. The van der Waals surface area contributed by atoms with Crippen molar-refractivity contribution < 1.29 is 88.6 Å². The highest BCUT2D eigenvalue weighted by Crippen LogP contribution is 2.50. The van der Waals surface area contributed by atoms with Crippen LogP contribution >= 0.6 is 34.8 Å². The zero-order valence-corrected chi connectivity index (χ0v) is 54.3. The Morgan fingerprint density at radius 2 is 1.08 bits per heavy atom. The number of fused-ring (bicyclic) bond motifs is 14. The van der Waals surface area contributed by atoms with Gasteiger partial charge in [-0.25, -0.2) is 4.79 Å². The van der Waals surface area contributed by atoms with Crippen molar-refractivity contribution in [1.29, 1.82) is 0 Å². The molecule has 100 heavy (non-hydrogen) atoms. The van der Waals surface area contributed by atoms with Crippen LogP contribution in [0.1, 0.15) is 86.4 Å². The Balaban J connectivity index is 0.975. The number of carbonyl (C=O) groups is 7. The van der Waals surface area contributed by atoms with Crippen LogP contribution < -0.4 is 51.8 Å². The summed E-state index contributed by atoms with van der Waals surface area (Å²) in [6, 6.07) is 14.9. The summed E-state index contributed by atoms with van der Waals surface area (Å²) in [6.45, 7) is 2.37. The lowest BCUT2D eigenvalue weighted by atomic mass is 9.88. The van der Waals surface area contributed by atoms with E-state index in [0.717, 1.165) is 60.2 Å². The molecular weight excluding hydrogens is 1360 g/mol. The van der Waals surface area contributed by atoms with E-state index in [1.54, 1.807) is 12.1 Å². The second-order valence-electron chi connectivity index (χ2n) is 24.5. The number of carboxylic acid groups (broad SMARTS) is 1. The highest BCUT2D eigenvalue weighted by Gasteiger charge is 2.42. The summed E-state index contributed by atoms with van der Waals surface area (Å²) in [7, 11) is 0. The van der Waals surface area contributed by atoms with E-state index in [1.807, 2.05) is 17.0 Å². The van der Waals surface area contributed by atoms with Crippen molar-refractivity contribution in [1.82, 2.24) is 41.7 Å². The van der Waals surface area contributed by atoms with Gasteiger partial charge < -0.3 is 92.7 Å². The fourth-order valence-electron chi connectivity index (χ4n) is 12.6. The number of phenols is 6. The van der Waals surface area contributed by atoms with Gasteiger partial charge in [0.2, 0.25) is 41.2 Å². The summed E-state index contributed by atoms with van der Waals surface area (Å²) < 4.78 is 18.6. The molecule has 8 atom stereocenters. The molecule has 30 heteroatoms. The summed E-state index contributed by atoms with van der Waals surface area (Å²) in [4.78, 5) is 109. The number of aliphatic carboxylic acids is 1. The van der Waals surface area contributed by atoms with Gasteiger partial charge in [-0.05, 0) is 130 Å². The van der Waals surface area contributed by atoms with Crippen LogP contribution in [0.2, 0.25) is 15.1 Å². The van der Waals surface area contributed by atoms with Crippen LogP contribution in [-0.2, 0) is 53.1 Å². The normalized spacial score (nSPS) is 21.8. The molecule has 1 unspecified atom stereocenters. The summed E-state index contributed by atoms with van der Waals surface area (Å²) in [5.74, 6) is -14.8. The topological polar surface area (TPSA) is 414 Å². The minimum absolute atomic E-state index is 0.117. The molecule has 1 saturated heterocycles. The van der Waals surface area contributed by atoms with Crippen LogP contribution in [0.25, 0.3) is 11.1 Å². The van der Waals surface area contributed by atoms with E-state index in [9.17, 15) is 50.4 Å². The minimum atomic E-state index is -2.23. The van der Waals surface area contributed by atoms with Gasteiger partial charge in [-0.2, -0.15) is 0 Å². The maximum atomic E-state index is 16.0. The molecule has 17 bridgehead atoms. The third kappa shape index (κ3) is 13.7. The first-order valence-electron chi connectivity index (χ1n) is 31.0. The number of nitrogens with zero attached hydrogens (tertiary/aromatic N) is 2. The molecule has 27 nitrogen and oxygen atoms in total. The number of aliphatic hydroxyl groups is 1. The largest absolute Gasteiger partial charge is 0.508 e. The lowest BCUT2D eigenvalue weighted by Gasteiger charge is -2.35. The Morgan fingerprint density at radius 3 is 1.74 bits per heavy atom. The van der Waals surface area contributed by atoms with Gasteiger partial charge >= 0.3 is 5.97 Å². The number of hydrogen-bond acceptors (Lipinski definition) is 20. The van der Waals surface area contributed by atoms with Crippen molar-refractivity contribution in [3.8, 4) is 80.1 Å². The Labute approximate surface area is 582 Å². The van der Waals surface area contributed by atoms with Crippen molar-refractivity contribution in [2.24, 2.45) is 5.73 Å². The Bertz CT molecular complexity index is 4710. The molecule has 16 N–H and O–H groups in total. The fourth-order valence-corrected chi connectivity index (χ4v) is 13.2. The Morgan fingerprint density at radius 1 is 0.500 bits per heavy atom. The maximum absolute atomic E-state index is 16.0. The number of carboxylic acids is 1. The number of amides is 6.